The average molecular weight is 365 g/mol. The van der Waals surface area contributed by atoms with E-state index in [1.807, 2.05) is 0 Å². The Hall–Kier alpha value is -1.56. The maximum atomic E-state index is 12.4. The van der Waals surface area contributed by atoms with Gasteiger partial charge in [-0.15, -0.1) is 0 Å². The molecule has 24 heavy (non-hydrogen) atoms. The Kier molecular flexibility index (Phi) is 5.13. The fraction of sp³-hybridized carbons (Fsp3) is 0.333. The molecule has 2 aromatic carbocycles. The molecule has 0 aliphatic carbocycles. The summed E-state index contributed by atoms with van der Waals surface area (Å²) in [5, 5.41) is 0.248. The van der Waals surface area contributed by atoms with Crippen molar-refractivity contribution >= 4 is 27.3 Å². The second-order valence-electron chi connectivity index (χ2n) is 6.22. The third-order valence-electron chi connectivity index (χ3n) is 4.34. The van der Waals surface area contributed by atoms with Gasteiger partial charge in [0.15, 0.2) is 0 Å². The minimum Gasteiger partial charge on any atom is -0.371 e. The van der Waals surface area contributed by atoms with Gasteiger partial charge < -0.3 is 4.90 Å². The average Bonchev–Trinajstić information content (AvgIpc) is 3.02. The first-order valence-electron chi connectivity index (χ1n) is 8.01. The van der Waals surface area contributed by atoms with Crippen molar-refractivity contribution in [1.29, 1.82) is 0 Å². The van der Waals surface area contributed by atoms with Crippen molar-refractivity contribution in [2.45, 2.75) is 18.2 Å². The zero-order valence-corrected chi connectivity index (χ0v) is 15.1. The molecule has 0 bridgehead atoms. The molecule has 1 fully saturated rings. The van der Waals surface area contributed by atoms with Gasteiger partial charge in [0, 0.05) is 25.3 Å². The summed E-state index contributed by atoms with van der Waals surface area (Å²) in [4.78, 5) is 2.45. The van der Waals surface area contributed by atoms with Crippen LogP contribution in [0.25, 0.3) is 0 Å². The van der Waals surface area contributed by atoms with Gasteiger partial charge in [-0.2, -0.15) is 0 Å². The Bertz CT molecular complexity index is 823. The Morgan fingerprint density at radius 3 is 2.75 bits per heavy atom. The fourth-order valence-corrected chi connectivity index (χ4v) is 4.66. The van der Waals surface area contributed by atoms with Gasteiger partial charge in [-0.25, -0.2) is 13.1 Å². The lowest BCUT2D eigenvalue weighted by Crippen LogP contribution is -2.31. The van der Waals surface area contributed by atoms with E-state index in [2.05, 4.69) is 40.8 Å². The molecule has 1 heterocycles. The predicted octanol–water partition coefficient (Wildman–Crippen LogP) is 3.45. The standard InChI is InChI=1S/C18H21ClN2O2S/c1-14-5-4-6-16(11-14)21-10-9-15(13-21)12-20-24(22,23)18-8-3-2-7-17(18)19/h2-8,11,15,20H,9-10,12-13H2,1H3. The highest BCUT2D eigenvalue weighted by atomic mass is 35.5. The van der Waals surface area contributed by atoms with Crippen LogP contribution in [0.1, 0.15) is 12.0 Å². The van der Waals surface area contributed by atoms with Crippen LogP contribution in [-0.2, 0) is 10.0 Å². The molecular formula is C18H21ClN2O2S. The topological polar surface area (TPSA) is 49.4 Å². The molecule has 0 spiro atoms. The highest BCUT2D eigenvalue weighted by molar-refractivity contribution is 7.89. The van der Waals surface area contributed by atoms with Gasteiger partial charge in [-0.3, -0.25) is 0 Å². The number of aryl methyl sites for hydroxylation is 1. The molecule has 0 saturated carbocycles. The lowest BCUT2D eigenvalue weighted by atomic mass is 10.1. The van der Waals surface area contributed by atoms with Gasteiger partial charge in [0.25, 0.3) is 0 Å². The molecule has 6 heteroatoms. The lowest BCUT2D eigenvalue weighted by Gasteiger charge is -2.19. The highest BCUT2D eigenvalue weighted by Gasteiger charge is 2.25. The third kappa shape index (κ3) is 3.91. The van der Waals surface area contributed by atoms with Crippen molar-refractivity contribution in [3.63, 3.8) is 0 Å². The van der Waals surface area contributed by atoms with E-state index in [1.165, 1.54) is 17.3 Å². The maximum Gasteiger partial charge on any atom is 0.242 e. The number of hydrogen-bond donors (Lipinski definition) is 1. The first-order valence-corrected chi connectivity index (χ1v) is 9.87. The van der Waals surface area contributed by atoms with E-state index in [9.17, 15) is 8.42 Å². The molecule has 0 aromatic heterocycles. The number of hydrogen-bond acceptors (Lipinski definition) is 3. The first kappa shape index (κ1) is 17.3. The quantitative estimate of drug-likeness (QED) is 0.884. The van der Waals surface area contributed by atoms with E-state index >= 15 is 0 Å². The summed E-state index contributed by atoms with van der Waals surface area (Å²) in [6.45, 7) is 4.31. The van der Waals surface area contributed by atoms with E-state index in [0.717, 1.165) is 19.5 Å². The Morgan fingerprint density at radius 1 is 1.21 bits per heavy atom. The summed E-state index contributed by atoms with van der Waals surface area (Å²) < 4.78 is 27.5. The van der Waals surface area contributed by atoms with Crippen molar-refractivity contribution in [3.05, 3.63) is 59.1 Å². The zero-order chi connectivity index (χ0) is 17.2. The van der Waals surface area contributed by atoms with Crippen LogP contribution in [0, 0.1) is 12.8 Å². The van der Waals surface area contributed by atoms with Crippen LogP contribution < -0.4 is 9.62 Å². The van der Waals surface area contributed by atoms with Crippen LogP contribution in [0.3, 0.4) is 0 Å². The van der Waals surface area contributed by atoms with E-state index < -0.39 is 10.0 Å². The lowest BCUT2D eigenvalue weighted by molar-refractivity contribution is 0.541. The van der Waals surface area contributed by atoms with Gasteiger partial charge in [-0.05, 0) is 49.1 Å². The van der Waals surface area contributed by atoms with Gasteiger partial charge in [0.1, 0.15) is 4.90 Å². The molecule has 0 radical (unpaired) electrons. The zero-order valence-electron chi connectivity index (χ0n) is 13.6. The van der Waals surface area contributed by atoms with E-state index in [0.29, 0.717) is 12.5 Å². The Labute approximate surface area is 148 Å². The summed E-state index contributed by atoms with van der Waals surface area (Å²) in [5.74, 6) is 0.294. The molecule has 3 rings (SSSR count). The van der Waals surface area contributed by atoms with Crippen LogP contribution in [-0.4, -0.2) is 28.1 Å². The predicted molar refractivity (Wildman–Crippen MR) is 98.1 cm³/mol. The molecule has 1 aliphatic rings. The van der Waals surface area contributed by atoms with Crippen molar-refractivity contribution in [2.24, 2.45) is 5.92 Å². The van der Waals surface area contributed by atoms with Crippen LogP contribution in [0.15, 0.2) is 53.4 Å². The SMILES string of the molecule is Cc1cccc(N2CCC(CNS(=O)(=O)c3ccccc3Cl)C2)c1. The number of sulfonamides is 1. The van der Waals surface area contributed by atoms with Crippen molar-refractivity contribution < 1.29 is 8.42 Å². The van der Waals surface area contributed by atoms with Gasteiger partial charge >= 0.3 is 0 Å². The molecule has 1 saturated heterocycles. The van der Waals surface area contributed by atoms with Crippen molar-refractivity contribution in [1.82, 2.24) is 4.72 Å². The maximum absolute atomic E-state index is 12.4. The number of halogens is 1. The second kappa shape index (κ2) is 7.13. The molecular weight excluding hydrogens is 344 g/mol. The van der Waals surface area contributed by atoms with Crippen molar-refractivity contribution in [3.8, 4) is 0 Å². The fourth-order valence-electron chi connectivity index (χ4n) is 3.03. The minimum absolute atomic E-state index is 0.139. The summed E-state index contributed by atoms with van der Waals surface area (Å²) in [7, 11) is -3.57. The number of nitrogens with zero attached hydrogens (tertiary/aromatic N) is 1. The van der Waals surface area contributed by atoms with E-state index in [-0.39, 0.29) is 9.92 Å². The van der Waals surface area contributed by atoms with Gasteiger partial charge in [0.05, 0.1) is 5.02 Å². The molecule has 128 valence electrons. The Balaban J connectivity index is 1.61. The molecule has 1 unspecified atom stereocenters. The molecule has 2 aromatic rings. The van der Waals surface area contributed by atoms with Crippen LogP contribution in [0.2, 0.25) is 5.02 Å². The molecule has 1 atom stereocenters. The highest BCUT2D eigenvalue weighted by Crippen LogP contribution is 2.25. The van der Waals surface area contributed by atoms with Gasteiger partial charge in [-0.1, -0.05) is 35.9 Å². The van der Waals surface area contributed by atoms with Crippen LogP contribution in [0.5, 0.6) is 0 Å². The van der Waals surface area contributed by atoms with Crippen molar-refractivity contribution in [2.75, 3.05) is 24.5 Å². The Morgan fingerprint density at radius 2 is 2.00 bits per heavy atom. The van der Waals surface area contributed by atoms with Gasteiger partial charge in [0.2, 0.25) is 10.0 Å². The third-order valence-corrected chi connectivity index (χ3v) is 6.26. The number of rotatable bonds is 5. The molecule has 1 aliphatic heterocycles. The summed E-state index contributed by atoms with van der Waals surface area (Å²) >= 11 is 5.99. The monoisotopic (exact) mass is 364 g/mol. The molecule has 4 nitrogen and oxygen atoms in total. The smallest absolute Gasteiger partial charge is 0.242 e. The number of benzene rings is 2. The molecule has 1 N–H and O–H groups in total. The first-order chi connectivity index (χ1) is 11.5. The van der Waals surface area contributed by atoms with Crippen LogP contribution in [0.4, 0.5) is 5.69 Å². The summed E-state index contributed by atoms with van der Waals surface area (Å²) in [6.07, 6.45) is 0.971. The largest absolute Gasteiger partial charge is 0.371 e. The number of anilines is 1. The van der Waals surface area contributed by atoms with E-state index in [1.54, 1.807) is 18.2 Å². The minimum atomic E-state index is -3.57. The summed E-state index contributed by atoms with van der Waals surface area (Å²) in [5.41, 5.74) is 2.43. The normalized spacial score (nSPS) is 18.1. The molecule has 0 amide bonds. The number of nitrogens with one attached hydrogen (secondary N) is 1. The second-order valence-corrected chi connectivity index (χ2v) is 8.36. The van der Waals surface area contributed by atoms with Crippen LogP contribution >= 0.6 is 11.6 Å². The summed E-state index contributed by atoms with van der Waals surface area (Å²) in [6, 6.07) is 14.9. The van der Waals surface area contributed by atoms with E-state index in [4.69, 9.17) is 11.6 Å².